The molecule has 1 saturated heterocycles. The fourth-order valence-electron chi connectivity index (χ4n) is 3.72. The van der Waals surface area contributed by atoms with Crippen LogP contribution < -0.4 is 15.4 Å². The van der Waals surface area contributed by atoms with Crippen molar-refractivity contribution < 1.29 is 18.7 Å². The number of allylic oxidation sites excluding steroid dienone is 2. The van der Waals surface area contributed by atoms with E-state index in [1.807, 2.05) is 0 Å². The number of amides is 1. The molecule has 2 aromatic carbocycles. The Balaban J connectivity index is 1.68. The van der Waals surface area contributed by atoms with Crippen molar-refractivity contribution in [3.63, 3.8) is 0 Å². The first-order valence-electron chi connectivity index (χ1n) is 11.4. The van der Waals surface area contributed by atoms with Gasteiger partial charge in [0.15, 0.2) is 5.57 Å². The summed E-state index contributed by atoms with van der Waals surface area (Å²) >= 11 is 6.34. The molecule has 2 N–H and O–H groups in total. The minimum Gasteiger partial charge on any atom is -0.493 e. The van der Waals surface area contributed by atoms with E-state index in [1.165, 1.54) is 24.3 Å². The minimum absolute atomic E-state index is 0.0935. The summed E-state index contributed by atoms with van der Waals surface area (Å²) in [5.41, 5.74) is 0.695. The van der Waals surface area contributed by atoms with E-state index in [1.54, 1.807) is 37.3 Å². The number of nitriles is 3. The van der Waals surface area contributed by atoms with Crippen molar-refractivity contribution in [2.75, 3.05) is 38.2 Å². The number of nitrogens with zero attached hydrogens (tertiary/aromatic N) is 4. The van der Waals surface area contributed by atoms with Gasteiger partial charge in [-0.1, -0.05) is 23.7 Å². The maximum absolute atomic E-state index is 13.2. The molecule has 0 saturated carbocycles. The van der Waals surface area contributed by atoms with Crippen molar-refractivity contribution in [1.29, 1.82) is 15.8 Å². The SMILES string of the molecule is CCOc1cc(NC(C#N)=C(C#N)C#N)c(Cl)cc1C(=O)NCC1CN(Cc2ccc(F)cc2)CCO1. The third kappa shape index (κ3) is 7.42. The maximum atomic E-state index is 13.2. The molecule has 1 heterocycles. The summed E-state index contributed by atoms with van der Waals surface area (Å²) < 4.78 is 24.6. The Morgan fingerprint density at radius 2 is 1.95 bits per heavy atom. The fraction of sp³-hybridized carbons (Fsp3) is 0.308. The van der Waals surface area contributed by atoms with Crippen LogP contribution in [0.4, 0.5) is 10.1 Å². The molecule has 1 atom stereocenters. The van der Waals surface area contributed by atoms with E-state index in [0.717, 1.165) is 12.1 Å². The molecule has 0 bridgehead atoms. The van der Waals surface area contributed by atoms with Crippen molar-refractivity contribution in [2.45, 2.75) is 19.6 Å². The molecule has 1 aliphatic heterocycles. The third-order valence-corrected chi connectivity index (χ3v) is 5.80. The van der Waals surface area contributed by atoms with E-state index in [0.29, 0.717) is 19.7 Å². The molecular weight excluding hydrogens is 499 g/mol. The van der Waals surface area contributed by atoms with E-state index < -0.39 is 11.5 Å². The van der Waals surface area contributed by atoms with Gasteiger partial charge in [-0.3, -0.25) is 9.69 Å². The van der Waals surface area contributed by atoms with E-state index >= 15 is 0 Å². The molecule has 3 rings (SSSR count). The predicted molar refractivity (Wildman–Crippen MR) is 134 cm³/mol. The van der Waals surface area contributed by atoms with Gasteiger partial charge in [-0.2, -0.15) is 15.8 Å². The Morgan fingerprint density at radius 1 is 1.22 bits per heavy atom. The lowest BCUT2D eigenvalue weighted by molar-refractivity contribution is -0.0292. The number of hydrogen-bond donors (Lipinski definition) is 2. The largest absolute Gasteiger partial charge is 0.493 e. The first-order chi connectivity index (χ1) is 17.9. The lowest BCUT2D eigenvalue weighted by atomic mass is 10.1. The molecule has 1 amide bonds. The number of hydrogen-bond acceptors (Lipinski definition) is 8. The standard InChI is InChI=1S/C26H24ClFN6O3/c1-2-36-25-10-23(33-24(13-31)18(11-29)12-30)22(27)9-21(25)26(35)32-14-20-16-34(7-8-37-20)15-17-3-5-19(28)6-4-17/h3-6,9-10,20,33H,2,7-8,14-16H2,1H3,(H,32,35). The number of halogens is 2. The minimum atomic E-state index is -0.429. The van der Waals surface area contributed by atoms with Crippen LogP contribution in [-0.2, 0) is 11.3 Å². The Labute approximate surface area is 219 Å². The Kier molecular flexibility index (Phi) is 9.83. The lowest BCUT2D eigenvalue weighted by Gasteiger charge is -2.33. The topological polar surface area (TPSA) is 134 Å². The molecule has 0 radical (unpaired) electrons. The summed E-state index contributed by atoms with van der Waals surface area (Å²) in [4.78, 5) is 15.2. The molecule has 9 nitrogen and oxygen atoms in total. The van der Waals surface area contributed by atoms with Gasteiger partial charge >= 0.3 is 0 Å². The summed E-state index contributed by atoms with van der Waals surface area (Å²) in [7, 11) is 0. The Hall–Kier alpha value is -4.14. The van der Waals surface area contributed by atoms with E-state index in [2.05, 4.69) is 15.5 Å². The van der Waals surface area contributed by atoms with Crippen LogP contribution in [0.5, 0.6) is 5.75 Å². The van der Waals surface area contributed by atoms with Crippen molar-refractivity contribution in [3.8, 4) is 24.0 Å². The van der Waals surface area contributed by atoms with Gasteiger partial charge in [-0.05, 0) is 30.7 Å². The van der Waals surface area contributed by atoms with Gasteiger partial charge in [0, 0.05) is 32.2 Å². The van der Waals surface area contributed by atoms with Gasteiger partial charge in [0.25, 0.3) is 5.91 Å². The summed E-state index contributed by atoms with van der Waals surface area (Å²) in [6.07, 6.45) is -0.246. The van der Waals surface area contributed by atoms with Crippen LogP contribution in [-0.4, -0.2) is 49.8 Å². The molecular formula is C26H24ClFN6O3. The Bertz CT molecular complexity index is 1280. The molecule has 37 heavy (non-hydrogen) atoms. The number of nitrogens with one attached hydrogen (secondary N) is 2. The van der Waals surface area contributed by atoms with Gasteiger partial charge in [0.1, 0.15) is 35.5 Å². The lowest BCUT2D eigenvalue weighted by Crippen LogP contribution is -2.47. The summed E-state index contributed by atoms with van der Waals surface area (Å²) in [5, 5.41) is 33.0. The van der Waals surface area contributed by atoms with Crippen LogP contribution in [0.25, 0.3) is 0 Å². The van der Waals surface area contributed by atoms with E-state index in [-0.39, 0.29) is 52.8 Å². The van der Waals surface area contributed by atoms with Crippen molar-refractivity contribution >= 4 is 23.2 Å². The Morgan fingerprint density at radius 3 is 2.59 bits per heavy atom. The molecule has 1 aliphatic rings. The highest BCUT2D eigenvalue weighted by atomic mass is 35.5. The monoisotopic (exact) mass is 522 g/mol. The van der Waals surface area contributed by atoms with Crippen LogP contribution in [0.3, 0.4) is 0 Å². The average Bonchev–Trinajstić information content (AvgIpc) is 2.90. The van der Waals surface area contributed by atoms with Crippen molar-refractivity contribution in [1.82, 2.24) is 10.2 Å². The fourth-order valence-corrected chi connectivity index (χ4v) is 3.93. The molecule has 1 unspecified atom stereocenters. The number of anilines is 1. The maximum Gasteiger partial charge on any atom is 0.255 e. The highest BCUT2D eigenvalue weighted by Gasteiger charge is 2.23. The first-order valence-corrected chi connectivity index (χ1v) is 11.8. The number of carbonyl (C=O) groups excluding carboxylic acids is 1. The van der Waals surface area contributed by atoms with Gasteiger partial charge in [-0.25, -0.2) is 4.39 Å². The summed E-state index contributed by atoms with van der Waals surface area (Å²) in [6, 6.07) is 14.2. The van der Waals surface area contributed by atoms with Crippen molar-refractivity contribution in [2.24, 2.45) is 0 Å². The zero-order valence-corrected chi connectivity index (χ0v) is 20.8. The molecule has 0 aliphatic carbocycles. The normalized spacial score (nSPS) is 15.0. The zero-order valence-electron chi connectivity index (χ0n) is 20.1. The van der Waals surface area contributed by atoms with Gasteiger partial charge in [0.05, 0.1) is 35.6 Å². The van der Waals surface area contributed by atoms with Crippen LogP contribution in [0.15, 0.2) is 47.7 Å². The zero-order chi connectivity index (χ0) is 26.8. The molecule has 0 spiro atoms. The second-order valence-electron chi connectivity index (χ2n) is 8.04. The summed E-state index contributed by atoms with van der Waals surface area (Å²) in [6.45, 7) is 4.71. The second kappa shape index (κ2) is 13.2. The van der Waals surface area contributed by atoms with Gasteiger partial charge in [0.2, 0.25) is 0 Å². The van der Waals surface area contributed by atoms with Gasteiger partial charge < -0.3 is 20.1 Å². The van der Waals surface area contributed by atoms with Crippen LogP contribution in [0.1, 0.15) is 22.8 Å². The third-order valence-electron chi connectivity index (χ3n) is 5.49. The smallest absolute Gasteiger partial charge is 0.255 e. The first kappa shape index (κ1) is 27.4. The van der Waals surface area contributed by atoms with Crippen LogP contribution >= 0.6 is 11.6 Å². The number of benzene rings is 2. The van der Waals surface area contributed by atoms with Crippen LogP contribution in [0, 0.1) is 39.8 Å². The highest BCUT2D eigenvalue weighted by molar-refractivity contribution is 6.33. The molecule has 190 valence electrons. The molecule has 1 fully saturated rings. The number of ether oxygens (including phenoxy) is 2. The van der Waals surface area contributed by atoms with E-state index in [4.69, 9.17) is 31.6 Å². The van der Waals surface area contributed by atoms with Crippen LogP contribution in [0.2, 0.25) is 5.02 Å². The van der Waals surface area contributed by atoms with Gasteiger partial charge in [-0.15, -0.1) is 0 Å². The molecule has 0 aromatic heterocycles. The predicted octanol–water partition coefficient (Wildman–Crippen LogP) is 3.75. The highest BCUT2D eigenvalue weighted by Crippen LogP contribution is 2.32. The second-order valence-corrected chi connectivity index (χ2v) is 8.44. The number of morpholine rings is 1. The molecule has 11 heteroatoms. The van der Waals surface area contributed by atoms with Crippen molar-refractivity contribution in [3.05, 3.63) is 69.6 Å². The van der Waals surface area contributed by atoms with E-state index in [9.17, 15) is 14.4 Å². The quantitative estimate of drug-likeness (QED) is 0.475. The molecule has 2 aromatic rings. The number of carbonyl (C=O) groups is 1. The summed E-state index contributed by atoms with van der Waals surface area (Å²) in [5.74, 6) is -0.498. The number of rotatable bonds is 9. The average molecular weight is 523 g/mol.